The highest BCUT2D eigenvalue weighted by Gasteiger charge is 2.40. The van der Waals surface area contributed by atoms with Crippen LogP contribution in [-0.4, -0.2) is 39.3 Å². The maximum absolute atomic E-state index is 12.8. The van der Waals surface area contributed by atoms with E-state index in [-0.39, 0.29) is 11.3 Å². The van der Waals surface area contributed by atoms with Crippen molar-refractivity contribution < 1.29 is 14.3 Å². The Morgan fingerprint density at radius 3 is 2.86 bits per heavy atom. The predicted molar refractivity (Wildman–Crippen MR) is 87.4 cm³/mol. The Morgan fingerprint density at radius 2 is 2.27 bits per heavy atom. The molecule has 5 heteroatoms. The normalized spacial score (nSPS) is 20.9. The second kappa shape index (κ2) is 7.61. The molecule has 1 atom stereocenters. The van der Waals surface area contributed by atoms with Crippen LogP contribution in [0.3, 0.4) is 0 Å². The number of ether oxygens (including phenoxy) is 2. The largest absolute Gasteiger partial charge is 0.494 e. The molecule has 2 N–H and O–H groups in total. The van der Waals surface area contributed by atoms with Crippen LogP contribution in [0.15, 0.2) is 18.2 Å². The quantitative estimate of drug-likeness (QED) is 0.812. The van der Waals surface area contributed by atoms with E-state index < -0.39 is 0 Å². The molecule has 0 bridgehead atoms. The third-order valence-electron chi connectivity index (χ3n) is 4.27. The second-order valence-electron chi connectivity index (χ2n) is 5.81. The maximum Gasteiger partial charge on any atom is 0.232 e. The lowest BCUT2D eigenvalue weighted by atomic mass is 9.82. The monoisotopic (exact) mass is 306 g/mol. The van der Waals surface area contributed by atoms with Crippen molar-refractivity contribution in [3.63, 3.8) is 0 Å². The Labute approximate surface area is 132 Å². The Balaban J connectivity index is 2.09. The number of nitrogens with one attached hydrogen (secondary N) is 2. The molecular formula is C17H26N2O3. The molecule has 1 aliphatic rings. The molecule has 0 spiro atoms. The maximum atomic E-state index is 12.8. The first-order chi connectivity index (χ1) is 10.6. The average Bonchev–Trinajstić information content (AvgIpc) is 2.98. The van der Waals surface area contributed by atoms with Crippen molar-refractivity contribution in [1.29, 1.82) is 0 Å². The van der Waals surface area contributed by atoms with Crippen LogP contribution in [0, 0.1) is 12.3 Å². The number of aryl methyl sites for hydroxylation is 1. The van der Waals surface area contributed by atoms with E-state index in [4.69, 9.17) is 9.47 Å². The molecule has 1 aromatic rings. The van der Waals surface area contributed by atoms with E-state index in [9.17, 15) is 4.79 Å². The molecule has 2 rings (SSSR count). The van der Waals surface area contributed by atoms with Gasteiger partial charge in [-0.15, -0.1) is 0 Å². The van der Waals surface area contributed by atoms with Crippen LogP contribution in [0.1, 0.15) is 25.3 Å². The fourth-order valence-corrected chi connectivity index (χ4v) is 2.85. The molecule has 1 amide bonds. The van der Waals surface area contributed by atoms with Gasteiger partial charge in [0.15, 0.2) is 0 Å². The summed E-state index contributed by atoms with van der Waals surface area (Å²) in [6.07, 6.45) is 1.58. The van der Waals surface area contributed by atoms with E-state index in [1.807, 2.05) is 32.0 Å². The summed E-state index contributed by atoms with van der Waals surface area (Å²) in [7, 11) is 1.67. The van der Waals surface area contributed by atoms with Crippen LogP contribution in [0.2, 0.25) is 0 Å². The minimum absolute atomic E-state index is 0.0711. The Hall–Kier alpha value is -1.59. The summed E-state index contributed by atoms with van der Waals surface area (Å²) in [5, 5.41) is 6.37. The van der Waals surface area contributed by atoms with Gasteiger partial charge < -0.3 is 20.1 Å². The summed E-state index contributed by atoms with van der Waals surface area (Å²) in [6.45, 7) is 6.75. The number of hydrogen-bond donors (Lipinski definition) is 2. The van der Waals surface area contributed by atoms with Crippen molar-refractivity contribution >= 4 is 11.6 Å². The number of anilines is 1. The summed E-state index contributed by atoms with van der Waals surface area (Å²) in [5.41, 5.74) is 1.48. The van der Waals surface area contributed by atoms with Gasteiger partial charge in [0.2, 0.25) is 5.91 Å². The first kappa shape index (κ1) is 16.8. The van der Waals surface area contributed by atoms with Gasteiger partial charge >= 0.3 is 0 Å². The van der Waals surface area contributed by atoms with E-state index in [0.29, 0.717) is 19.8 Å². The van der Waals surface area contributed by atoms with Gasteiger partial charge in [-0.05, 0) is 57.0 Å². The van der Waals surface area contributed by atoms with Crippen LogP contribution in [-0.2, 0) is 9.53 Å². The summed E-state index contributed by atoms with van der Waals surface area (Å²) in [6, 6.07) is 5.75. The number of rotatable bonds is 7. The fourth-order valence-electron chi connectivity index (χ4n) is 2.85. The van der Waals surface area contributed by atoms with E-state index in [0.717, 1.165) is 36.4 Å². The van der Waals surface area contributed by atoms with Crippen LogP contribution < -0.4 is 15.4 Å². The Kier molecular flexibility index (Phi) is 5.80. The molecule has 1 unspecified atom stereocenters. The van der Waals surface area contributed by atoms with Gasteiger partial charge in [0.1, 0.15) is 5.75 Å². The van der Waals surface area contributed by atoms with Gasteiger partial charge in [-0.1, -0.05) is 0 Å². The SMILES string of the molecule is CCOc1ccc(NC(=O)C2(CCOC)CCNC2)c(C)c1. The highest BCUT2D eigenvalue weighted by molar-refractivity contribution is 5.96. The van der Waals surface area contributed by atoms with Crippen molar-refractivity contribution in [2.24, 2.45) is 5.41 Å². The molecule has 0 aromatic heterocycles. The van der Waals surface area contributed by atoms with Crippen LogP contribution in [0.5, 0.6) is 5.75 Å². The van der Waals surface area contributed by atoms with E-state index in [1.54, 1.807) is 7.11 Å². The lowest BCUT2D eigenvalue weighted by Crippen LogP contribution is -2.39. The number of carbonyl (C=O) groups excluding carboxylic acids is 1. The smallest absolute Gasteiger partial charge is 0.232 e. The zero-order valence-corrected chi connectivity index (χ0v) is 13.7. The van der Waals surface area contributed by atoms with Crippen LogP contribution in [0.25, 0.3) is 0 Å². The van der Waals surface area contributed by atoms with Gasteiger partial charge in [-0.3, -0.25) is 4.79 Å². The Bertz CT molecular complexity index is 511. The molecule has 1 heterocycles. The highest BCUT2D eigenvalue weighted by Crippen LogP contribution is 2.32. The van der Waals surface area contributed by atoms with Crippen LogP contribution in [0.4, 0.5) is 5.69 Å². The minimum Gasteiger partial charge on any atom is -0.494 e. The lowest BCUT2D eigenvalue weighted by molar-refractivity contribution is -0.125. The number of benzene rings is 1. The third-order valence-corrected chi connectivity index (χ3v) is 4.27. The first-order valence-corrected chi connectivity index (χ1v) is 7.86. The zero-order valence-electron chi connectivity index (χ0n) is 13.7. The van der Waals surface area contributed by atoms with Crippen LogP contribution >= 0.6 is 0 Å². The van der Waals surface area contributed by atoms with Gasteiger partial charge in [0.05, 0.1) is 12.0 Å². The molecule has 1 saturated heterocycles. The van der Waals surface area contributed by atoms with Crippen molar-refractivity contribution in [3.05, 3.63) is 23.8 Å². The summed E-state index contributed by atoms with van der Waals surface area (Å²) in [5.74, 6) is 0.899. The van der Waals surface area contributed by atoms with Gasteiger partial charge in [-0.25, -0.2) is 0 Å². The highest BCUT2D eigenvalue weighted by atomic mass is 16.5. The van der Waals surface area contributed by atoms with Crippen molar-refractivity contribution in [2.45, 2.75) is 26.7 Å². The lowest BCUT2D eigenvalue weighted by Gasteiger charge is -2.27. The summed E-state index contributed by atoms with van der Waals surface area (Å²) < 4.78 is 10.7. The van der Waals surface area contributed by atoms with E-state index in [2.05, 4.69) is 10.6 Å². The minimum atomic E-state index is -0.374. The summed E-state index contributed by atoms with van der Waals surface area (Å²) in [4.78, 5) is 12.8. The predicted octanol–water partition coefficient (Wildman–Crippen LogP) is 2.35. The molecule has 1 aromatic carbocycles. The number of methoxy groups -OCH3 is 1. The van der Waals surface area contributed by atoms with E-state index in [1.165, 1.54) is 0 Å². The number of amides is 1. The third kappa shape index (κ3) is 3.78. The fraction of sp³-hybridized carbons (Fsp3) is 0.588. The molecule has 5 nitrogen and oxygen atoms in total. The van der Waals surface area contributed by atoms with Gasteiger partial charge in [0, 0.05) is 25.9 Å². The first-order valence-electron chi connectivity index (χ1n) is 7.86. The second-order valence-corrected chi connectivity index (χ2v) is 5.81. The molecule has 0 saturated carbocycles. The zero-order chi connectivity index (χ0) is 16.0. The molecule has 1 fully saturated rings. The van der Waals surface area contributed by atoms with Gasteiger partial charge in [-0.2, -0.15) is 0 Å². The van der Waals surface area contributed by atoms with Gasteiger partial charge in [0.25, 0.3) is 0 Å². The standard InChI is InChI=1S/C17H26N2O3/c1-4-22-14-5-6-15(13(2)11-14)19-16(20)17(8-10-21-3)7-9-18-12-17/h5-6,11,18H,4,7-10,12H2,1-3H3,(H,19,20). The summed E-state index contributed by atoms with van der Waals surface area (Å²) >= 11 is 0. The molecular weight excluding hydrogens is 280 g/mol. The molecule has 122 valence electrons. The van der Waals surface area contributed by atoms with Crippen molar-refractivity contribution in [3.8, 4) is 5.75 Å². The Morgan fingerprint density at radius 1 is 1.45 bits per heavy atom. The number of hydrogen-bond acceptors (Lipinski definition) is 4. The topological polar surface area (TPSA) is 59.6 Å². The van der Waals surface area contributed by atoms with Crippen molar-refractivity contribution in [1.82, 2.24) is 5.32 Å². The molecule has 0 aliphatic carbocycles. The molecule has 22 heavy (non-hydrogen) atoms. The molecule has 1 aliphatic heterocycles. The molecule has 0 radical (unpaired) electrons. The average molecular weight is 306 g/mol. The number of carbonyl (C=O) groups is 1. The van der Waals surface area contributed by atoms with Crippen molar-refractivity contribution in [2.75, 3.05) is 38.7 Å². The van der Waals surface area contributed by atoms with E-state index >= 15 is 0 Å².